The van der Waals surface area contributed by atoms with E-state index >= 15 is 35.1 Å². The van der Waals surface area contributed by atoms with E-state index in [4.69, 9.17) is 27.0 Å². The van der Waals surface area contributed by atoms with Gasteiger partial charge < -0.3 is 9.47 Å². The fourth-order valence-corrected chi connectivity index (χ4v) is 18.8. The maximum absolute atomic E-state index is 18.7. The molecule has 0 aliphatic heterocycles. The predicted octanol–water partition coefficient (Wildman–Crippen LogP) is 26.8. The van der Waals surface area contributed by atoms with Crippen LogP contribution in [0.1, 0.15) is 135 Å². The maximum Gasteiger partial charge on any atom is 0.329 e. The van der Waals surface area contributed by atoms with Gasteiger partial charge in [-0.25, -0.2) is 0 Å². The Balaban J connectivity index is 0.860. The molecule has 0 bridgehead atoms. The fraction of sp³-hybridized carbons (Fsp3) is 0.333. The van der Waals surface area contributed by atoms with Crippen molar-refractivity contribution in [1.29, 1.82) is 0 Å². The van der Waals surface area contributed by atoms with Crippen molar-refractivity contribution < 1.29 is 44.6 Å². The SMILES string of the molecule is CCCCCCCCOc1ccc(-c2ccc(-c3ccc(-c4ccc(-c5ccc6c(c5)C(C(F)(F)C(F)(F)CCCCCC)(C(F)(F)C(F)(F)CCCCCC)c5cc(-c7ccc(-c8ccc(-c9ccc(-c%10ccc(OC)cc%10)s9)c9nsnc89)s7)ccc5-6)s4)c4nsnc34)s2)cc1. The molecule has 6 aromatic heterocycles. The van der Waals surface area contributed by atoms with Gasteiger partial charge in [0, 0.05) is 74.1 Å². The van der Waals surface area contributed by atoms with Crippen LogP contribution in [0.5, 0.6) is 11.5 Å². The number of hydrogen-bond donors (Lipinski definition) is 0. The van der Waals surface area contributed by atoms with Gasteiger partial charge in [0.15, 0.2) is 5.41 Å². The molecule has 1 aliphatic rings. The number of halogens is 8. The normalized spacial score (nSPS) is 13.3. The molecule has 0 saturated heterocycles. The third-order valence-corrected chi connectivity index (χ3v) is 24.6. The first kappa shape index (κ1) is 69.3. The lowest BCUT2D eigenvalue weighted by Gasteiger charge is -2.49. The summed E-state index contributed by atoms with van der Waals surface area (Å²) in [6.45, 7) is 6.53. The number of thiophene rings is 4. The van der Waals surface area contributed by atoms with Gasteiger partial charge in [-0.1, -0.05) is 140 Å². The second kappa shape index (κ2) is 29.2. The molecular weight excluding hydrogens is 1370 g/mol. The topological polar surface area (TPSA) is 70.0 Å². The van der Waals surface area contributed by atoms with E-state index in [1.165, 1.54) is 60.5 Å². The summed E-state index contributed by atoms with van der Waals surface area (Å²) in [5.74, 6) is -20.4. The van der Waals surface area contributed by atoms with E-state index in [0.29, 0.717) is 85.0 Å². The molecule has 12 aromatic rings. The van der Waals surface area contributed by atoms with Crippen molar-refractivity contribution >= 4 is 90.9 Å². The van der Waals surface area contributed by atoms with Crippen molar-refractivity contribution in [3.8, 4) is 106 Å². The number of benzene rings is 6. The van der Waals surface area contributed by atoms with Gasteiger partial charge >= 0.3 is 23.7 Å². The highest BCUT2D eigenvalue weighted by Crippen LogP contribution is 2.70. The van der Waals surface area contributed by atoms with Gasteiger partial charge in [0.25, 0.3) is 0 Å². The molecule has 20 heteroatoms. The summed E-state index contributed by atoms with van der Waals surface area (Å²) in [7, 11) is 1.62. The molecule has 0 amide bonds. The zero-order valence-electron chi connectivity index (χ0n) is 54.6. The van der Waals surface area contributed by atoms with Crippen LogP contribution in [0.2, 0.25) is 0 Å². The number of aromatic nitrogens is 4. The highest BCUT2D eigenvalue weighted by atomic mass is 32.1. The number of ether oxygens (including phenoxy) is 2. The Morgan fingerprint density at radius 1 is 0.337 bits per heavy atom. The van der Waals surface area contributed by atoms with Crippen molar-refractivity contribution in [3.05, 3.63) is 169 Å². The Bertz CT molecular complexity index is 4700. The number of hydrogen-bond acceptors (Lipinski definition) is 12. The van der Waals surface area contributed by atoms with E-state index in [-0.39, 0.29) is 35.1 Å². The summed E-state index contributed by atoms with van der Waals surface area (Å²) >= 11 is 7.70. The molecule has 6 heterocycles. The fourth-order valence-electron chi connectivity index (χ4n) is 13.5. The number of alkyl halides is 8. The predicted molar refractivity (Wildman–Crippen MR) is 392 cm³/mol. The van der Waals surface area contributed by atoms with Crippen molar-refractivity contribution in [1.82, 2.24) is 17.5 Å². The van der Waals surface area contributed by atoms with Crippen LogP contribution in [0.4, 0.5) is 35.1 Å². The average molecular weight is 1440 g/mol. The molecule has 0 N–H and O–H groups in total. The number of methoxy groups -OCH3 is 1. The van der Waals surface area contributed by atoms with Crippen molar-refractivity contribution in [2.75, 3.05) is 13.7 Å². The van der Waals surface area contributed by atoms with Crippen molar-refractivity contribution in [2.45, 2.75) is 153 Å². The zero-order valence-corrected chi connectivity index (χ0v) is 59.5. The summed E-state index contributed by atoms with van der Waals surface area (Å²) in [6, 6.07) is 46.7. The van der Waals surface area contributed by atoms with Gasteiger partial charge in [0.05, 0.1) is 37.2 Å². The highest BCUT2D eigenvalue weighted by molar-refractivity contribution is 7.20. The summed E-state index contributed by atoms with van der Waals surface area (Å²) in [5, 5.41) is 0. The lowest BCUT2D eigenvalue weighted by molar-refractivity contribution is -0.324. The van der Waals surface area contributed by atoms with Crippen LogP contribution in [0.3, 0.4) is 0 Å². The Morgan fingerprint density at radius 2 is 0.643 bits per heavy atom. The molecule has 0 atom stereocenters. The summed E-state index contributed by atoms with van der Waals surface area (Å²) < 4.78 is 175. The van der Waals surface area contributed by atoms with Crippen LogP contribution >= 0.6 is 68.8 Å². The molecule has 508 valence electrons. The van der Waals surface area contributed by atoms with Crippen LogP contribution in [-0.2, 0) is 5.41 Å². The number of unbranched alkanes of at least 4 members (excludes halogenated alkanes) is 11. The smallest absolute Gasteiger partial charge is 0.329 e. The van der Waals surface area contributed by atoms with E-state index in [1.807, 2.05) is 92.7 Å². The molecule has 0 fully saturated rings. The molecule has 0 spiro atoms. The number of rotatable bonds is 31. The maximum atomic E-state index is 18.7. The van der Waals surface area contributed by atoms with E-state index in [2.05, 4.69) is 25.1 Å². The highest BCUT2D eigenvalue weighted by Gasteiger charge is 2.85. The van der Waals surface area contributed by atoms with E-state index in [1.54, 1.807) is 66.2 Å². The minimum Gasteiger partial charge on any atom is -0.497 e. The molecule has 0 saturated carbocycles. The van der Waals surface area contributed by atoms with Crippen LogP contribution in [0.25, 0.3) is 117 Å². The van der Waals surface area contributed by atoms with Gasteiger partial charge in [-0.05, 0) is 173 Å². The van der Waals surface area contributed by atoms with Crippen LogP contribution in [0, 0.1) is 0 Å². The van der Waals surface area contributed by atoms with Crippen LogP contribution in [0.15, 0.2) is 158 Å². The minimum absolute atomic E-state index is 0.111. The minimum atomic E-state index is -5.80. The Morgan fingerprint density at radius 3 is 1.01 bits per heavy atom. The quantitative estimate of drug-likeness (QED) is 0.0319. The van der Waals surface area contributed by atoms with Gasteiger partial charge in [0.2, 0.25) is 0 Å². The average Bonchev–Trinajstić information content (AvgIpc) is 1.45. The second-order valence-electron chi connectivity index (χ2n) is 25.2. The van der Waals surface area contributed by atoms with Gasteiger partial charge in [-0.2, -0.15) is 52.6 Å². The lowest BCUT2D eigenvalue weighted by Crippen LogP contribution is -2.69. The van der Waals surface area contributed by atoms with E-state index in [9.17, 15) is 0 Å². The Hall–Kier alpha value is -7.20. The summed E-state index contributed by atoms with van der Waals surface area (Å²) in [6.07, 6.45) is 5.46. The molecule has 0 radical (unpaired) electrons. The van der Waals surface area contributed by atoms with Crippen LogP contribution < -0.4 is 9.47 Å². The first-order valence-electron chi connectivity index (χ1n) is 33.5. The molecule has 13 rings (SSSR count). The third kappa shape index (κ3) is 13.0. The molecule has 6 nitrogen and oxygen atoms in total. The standard InChI is InChI=1S/C78H72F8N4O2S6/c1-5-8-11-14-15-18-45-92-53-27-21-49(22-28-53)63-36-40-67(94-63)57-32-34-59(73-71(57)88-98-90-73)69-42-38-65(96-69)51-24-30-55-54-29-23-50(46-60(54)76(61(55)47-51,77(83,84)74(79,80)43-16-12-9-6-2)78(85,86)75(81,82)44-17-13-10-7-3)64-37-41-68(95-64)58-33-31-56(70-72(58)89-97-87-70)66-39-35-62(93-66)48-19-25-52(91-4)26-20-48/h19-42,46-47H,5-18,43-45H2,1-4H3. The first-order chi connectivity index (χ1) is 47.4. The largest absolute Gasteiger partial charge is 0.497 e. The first-order valence-corrected chi connectivity index (χ1v) is 38.3. The van der Waals surface area contributed by atoms with Crippen molar-refractivity contribution in [3.63, 3.8) is 0 Å². The van der Waals surface area contributed by atoms with Gasteiger partial charge in [-0.15, -0.1) is 45.3 Å². The van der Waals surface area contributed by atoms with Crippen molar-refractivity contribution in [2.24, 2.45) is 0 Å². The zero-order chi connectivity index (χ0) is 68.4. The van der Waals surface area contributed by atoms with E-state index in [0.717, 1.165) is 102 Å². The molecule has 6 aromatic carbocycles. The number of nitrogens with zero attached hydrogens (tertiary/aromatic N) is 4. The summed E-state index contributed by atoms with van der Waals surface area (Å²) in [4.78, 5) is 6.14. The molecule has 98 heavy (non-hydrogen) atoms. The van der Waals surface area contributed by atoms with Gasteiger partial charge in [0.1, 0.15) is 33.6 Å². The Kier molecular flexibility index (Phi) is 20.6. The van der Waals surface area contributed by atoms with E-state index < -0.39 is 65.9 Å². The van der Waals surface area contributed by atoms with Gasteiger partial charge in [-0.3, -0.25) is 0 Å². The second-order valence-corrected chi connectivity index (χ2v) is 30.6. The number of fused-ring (bicyclic) bond motifs is 5. The molecule has 1 aliphatic carbocycles. The van der Waals surface area contributed by atoms with Crippen LogP contribution in [-0.4, -0.2) is 54.9 Å². The molecular formula is C78H72F8N4O2S6. The third-order valence-electron chi connectivity index (χ3n) is 18.9. The summed E-state index contributed by atoms with van der Waals surface area (Å²) in [5.41, 5.74) is 0.804. The Labute approximate surface area is 590 Å². The lowest BCUT2D eigenvalue weighted by atomic mass is 9.63. The molecule has 0 unspecified atom stereocenters. The monoisotopic (exact) mass is 1440 g/mol.